The molecule has 10 heteroatoms. The van der Waals surface area contributed by atoms with Crippen molar-refractivity contribution in [2.75, 3.05) is 10.6 Å². The Hall–Kier alpha value is -3.41. The molecule has 5 N–H and O–H groups in total. The van der Waals surface area contributed by atoms with Crippen molar-refractivity contribution in [2.45, 2.75) is 6.92 Å². The summed E-state index contributed by atoms with van der Waals surface area (Å²) in [7, 11) is 0. The van der Waals surface area contributed by atoms with Gasteiger partial charge in [0.15, 0.2) is 0 Å². The van der Waals surface area contributed by atoms with Gasteiger partial charge in [-0.25, -0.2) is 4.98 Å². The highest BCUT2D eigenvalue weighted by Crippen LogP contribution is 2.24. The highest BCUT2D eigenvalue weighted by Gasteiger charge is 2.19. The lowest BCUT2D eigenvalue weighted by Crippen LogP contribution is -2.24. The highest BCUT2D eigenvalue weighted by atomic mass is 35.5. The third-order valence-electron chi connectivity index (χ3n) is 3.50. The minimum absolute atomic E-state index is 0.0268. The number of anilines is 2. The highest BCUT2D eigenvalue weighted by molar-refractivity contribution is 6.67. The van der Waals surface area contributed by atoms with Gasteiger partial charge >= 0.3 is 0 Å². The first-order valence-corrected chi connectivity index (χ1v) is 8.47. The van der Waals surface area contributed by atoms with Crippen LogP contribution in [0.15, 0.2) is 42.2 Å². The first-order valence-electron chi connectivity index (χ1n) is 7.72. The van der Waals surface area contributed by atoms with Gasteiger partial charge in [0, 0.05) is 12.3 Å². The minimum atomic E-state index is -0.813. The van der Waals surface area contributed by atoms with Crippen molar-refractivity contribution in [2.24, 2.45) is 5.73 Å². The number of nitrogens with two attached hydrogens (primary N) is 1. The molecule has 0 radical (unpaired) electrons. The zero-order chi connectivity index (χ0) is 20.8. The van der Waals surface area contributed by atoms with Crippen LogP contribution in [-0.2, 0) is 4.79 Å². The molecule has 1 aromatic heterocycles. The second kappa shape index (κ2) is 8.99. The fourth-order valence-electron chi connectivity index (χ4n) is 2.28. The molecule has 142 valence electrons. The largest absolute Gasteiger partial charge is 0.366 e. The number of nitriles is 1. The Bertz CT molecular complexity index is 1040. The van der Waals surface area contributed by atoms with Crippen LogP contribution < -0.4 is 16.4 Å². The van der Waals surface area contributed by atoms with Crippen molar-refractivity contribution < 1.29 is 9.59 Å². The molecule has 8 nitrogen and oxygen atoms in total. The van der Waals surface area contributed by atoms with E-state index in [2.05, 4.69) is 15.6 Å². The van der Waals surface area contributed by atoms with E-state index in [1.807, 2.05) is 6.07 Å². The molecule has 2 amide bonds. The van der Waals surface area contributed by atoms with Crippen molar-refractivity contribution in [3.63, 3.8) is 0 Å². The number of amides is 2. The van der Waals surface area contributed by atoms with E-state index in [9.17, 15) is 9.59 Å². The molecular formula is C18H14Cl2N6O2. The fourth-order valence-corrected chi connectivity index (χ4v) is 2.56. The van der Waals surface area contributed by atoms with Gasteiger partial charge < -0.3 is 16.4 Å². The number of primary amides is 1. The van der Waals surface area contributed by atoms with Crippen LogP contribution in [0.1, 0.15) is 21.5 Å². The number of rotatable bonds is 6. The summed E-state index contributed by atoms with van der Waals surface area (Å²) in [6, 6.07) is 7.87. The molecule has 0 fully saturated rings. The van der Waals surface area contributed by atoms with Gasteiger partial charge in [0.1, 0.15) is 16.7 Å². The Morgan fingerprint density at radius 1 is 1.36 bits per heavy atom. The molecule has 2 aromatic rings. The van der Waals surface area contributed by atoms with E-state index >= 15 is 0 Å². The molecule has 0 aliphatic rings. The molecule has 0 saturated heterocycles. The number of hydrogen-bond acceptors (Lipinski definition) is 6. The molecule has 1 heterocycles. The van der Waals surface area contributed by atoms with E-state index < -0.39 is 17.0 Å². The van der Waals surface area contributed by atoms with Gasteiger partial charge in [-0.1, -0.05) is 23.2 Å². The Balaban J connectivity index is 2.42. The number of nitrogens with one attached hydrogen (secondary N) is 3. The minimum Gasteiger partial charge on any atom is -0.366 e. The van der Waals surface area contributed by atoms with Crippen LogP contribution in [0, 0.1) is 23.7 Å². The SMILES string of the molecule is Cc1cc(C#N)cc(C(N)=O)c1NC(=O)/C(=C/C(=N)Cl)Nc1ncccc1Cl. The number of allylic oxidation sites excluding steroid dienone is 1. The second-order valence-corrected chi connectivity index (χ2v) is 6.33. The third-order valence-corrected chi connectivity index (χ3v) is 3.91. The van der Waals surface area contributed by atoms with Crippen molar-refractivity contribution in [3.8, 4) is 6.07 Å². The van der Waals surface area contributed by atoms with Crippen LogP contribution in [-0.4, -0.2) is 22.0 Å². The Kier molecular flexibility index (Phi) is 6.71. The van der Waals surface area contributed by atoms with Crippen LogP contribution in [0.25, 0.3) is 0 Å². The number of pyridine rings is 1. The van der Waals surface area contributed by atoms with Crippen LogP contribution in [0.5, 0.6) is 0 Å². The van der Waals surface area contributed by atoms with E-state index in [0.717, 1.165) is 6.08 Å². The monoisotopic (exact) mass is 416 g/mol. The second-order valence-electron chi connectivity index (χ2n) is 5.51. The average Bonchev–Trinajstić information content (AvgIpc) is 2.63. The van der Waals surface area contributed by atoms with E-state index in [1.54, 1.807) is 19.1 Å². The molecule has 0 aliphatic heterocycles. The van der Waals surface area contributed by atoms with E-state index in [1.165, 1.54) is 18.3 Å². The van der Waals surface area contributed by atoms with Crippen LogP contribution in [0.2, 0.25) is 5.02 Å². The number of halogens is 2. The van der Waals surface area contributed by atoms with Crippen LogP contribution in [0.4, 0.5) is 11.5 Å². The molecule has 0 aliphatic carbocycles. The summed E-state index contributed by atoms with van der Waals surface area (Å²) in [4.78, 5) is 28.5. The summed E-state index contributed by atoms with van der Waals surface area (Å²) in [6.07, 6.45) is 2.52. The zero-order valence-electron chi connectivity index (χ0n) is 14.5. The van der Waals surface area contributed by atoms with Crippen molar-refractivity contribution in [1.29, 1.82) is 10.7 Å². The lowest BCUT2D eigenvalue weighted by molar-refractivity contribution is -0.112. The lowest BCUT2D eigenvalue weighted by Gasteiger charge is -2.15. The third kappa shape index (κ3) is 5.07. The van der Waals surface area contributed by atoms with E-state index in [0.29, 0.717) is 5.56 Å². The molecule has 0 atom stereocenters. The van der Waals surface area contributed by atoms with Crippen LogP contribution >= 0.6 is 23.2 Å². The van der Waals surface area contributed by atoms with Crippen molar-refractivity contribution >= 4 is 51.7 Å². The normalized spacial score (nSPS) is 10.7. The van der Waals surface area contributed by atoms with E-state index in [-0.39, 0.29) is 33.4 Å². The van der Waals surface area contributed by atoms with Gasteiger partial charge in [0.05, 0.1) is 27.9 Å². The maximum Gasteiger partial charge on any atom is 0.272 e. The first kappa shape index (κ1) is 20.9. The number of carbonyl (C=O) groups is 2. The lowest BCUT2D eigenvalue weighted by atomic mass is 10.0. The predicted molar refractivity (Wildman–Crippen MR) is 108 cm³/mol. The smallest absolute Gasteiger partial charge is 0.272 e. The van der Waals surface area contributed by atoms with Gasteiger partial charge in [0.25, 0.3) is 11.8 Å². The molecule has 28 heavy (non-hydrogen) atoms. The standard InChI is InChI=1S/C18H14Cl2N6O2/c1-9-5-10(8-21)6-11(16(23)27)15(9)26-18(28)13(7-14(20)22)25-17-12(19)3-2-4-24-17/h2-7,22H,1H3,(H2,23,27)(H,24,25)(H,26,28)/b13-7-,22-14?. The fraction of sp³-hybridized carbons (Fsp3) is 0.0556. The Morgan fingerprint density at radius 2 is 2.07 bits per heavy atom. The van der Waals surface area contributed by atoms with Crippen molar-refractivity contribution in [1.82, 2.24) is 4.98 Å². The molecule has 1 aromatic carbocycles. The summed E-state index contributed by atoms with van der Waals surface area (Å²) in [5.41, 5.74) is 6.02. The maximum atomic E-state index is 12.8. The molecule has 2 rings (SSSR count). The van der Waals surface area contributed by atoms with Crippen molar-refractivity contribution in [3.05, 3.63) is 63.9 Å². The first-order chi connectivity index (χ1) is 13.2. The van der Waals surface area contributed by atoms with Gasteiger partial charge in [-0.15, -0.1) is 0 Å². The topological polar surface area (TPSA) is 145 Å². The van der Waals surface area contributed by atoms with Crippen LogP contribution in [0.3, 0.4) is 0 Å². The quantitative estimate of drug-likeness (QED) is 0.421. The van der Waals surface area contributed by atoms with Gasteiger partial charge in [-0.05, 0) is 36.8 Å². The number of hydrogen-bond donors (Lipinski definition) is 4. The van der Waals surface area contributed by atoms with Gasteiger partial charge in [0.2, 0.25) is 0 Å². The number of carbonyl (C=O) groups excluding carboxylic acids is 2. The van der Waals surface area contributed by atoms with Gasteiger partial charge in [-0.3, -0.25) is 15.0 Å². The Labute approximate surface area is 170 Å². The summed E-state index contributed by atoms with van der Waals surface area (Å²) in [6.45, 7) is 1.61. The number of nitrogens with zero attached hydrogens (tertiary/aromatic N) is 2. The number of aromatic nitrogens is 1. The van der Waals surface area contributed by atoms with Gasteiger partial charge in [-0.2, -0.15) is 5.26 Å². The predicted octanol–water partition coefficient (Wildman–Crippen LogP) is 3.16. The van der Waals surface area contributed by atoms with E-state index in [4.69, 9.17) is 39.6 Å². The number of aryl methyl sites for hydroxylation is 1. The average molecular weight is 417 g/mol. The summed E-state index contributed by atoms with van der Waals surface area (Å²) in [5, 5.41) is 21.6. The zero-order valence-corrected chi connectivity index (χ0v) is 16.0. The molecule has 0 spiro atoms. The molecule has 0 bridgehead atoms. The summed E-state index contributed by atoms with van der Waals surface area (Å²) < 4.78 is 0. The Morgan fingerprint density at radius 3 is 2.64 bits per heavy atom. The summed E-state index contributed by atoms with van der Waals surface area (Å²) >= 11 is 11.6. The maximum absolute atomic E-state index is 12.8. The molecular weight excluding hydrogens is 403 g/mol. The molecule has 0 saturated carbocycles. The number of benzene rings is 1. The molecule has 0 unspecified atom stereocenters. The summed E-state index contributed by atoms with van der Waals surface area (Å²) in [5.74, 6) is -1.36.